The van der Waals surface area contributed by atoms with Crippen molar-refractivity contribution in [1.29, 1.82) is 0 Å². The number of amides is 1. The summed E-state index contributed by atoms with van der Waals surface area (Å²) < 4.78 is 0. The molecule has 2 aromatic rings. The van der Waals surface area contributed by atoms with Crippen LogP contribution < -0.4 is 5.32 Å². The first-order valence-corrected chi connectivity index (χ1v) is 7.24. The molecular weight excluding hydrogens is 266 g/mol. The highest BCUT2D eigenvalue weighted by Gasteiger charge is 2.03. The number of nitrogens with one attached hydrogen (secondary N) is 1. The van der Waals surface area contributed by atoms with Gasteiger partial charge in [-0.05, 0) is 35.2 Å². The van der Waals surface area contributed by atoms with E-state index < -0.39 is 0 Å². The van der Waals surface area contributed by atoms with Crippen LogP contribution in [0.1, 0.15) is 23.6 Å². The molecule has 0 aliphatic carbocycles. The highest BCUT2D eigenvalue weighted by atomic mass is 32.1. The van der Waals surface area contributed by atoms with E-state index in [9.17, 15) is 4.79 Å². The average molecular weight is 285 g/mol. The van der Waals surface area contributed by atoms with Gasteiger partial charge in [-0.3, -0.25) is 4.79 Å². The van der Waals surface area contributed by atoms with Crippen LogP contribution in [0.5, 0.6) is 0 Å². The van der Waals surface area contributed by atoms with Crippen LogP contribution in [0.15, 0.2) is 53.4 Å². The third kappa shape index (κ3) is 4.42. The molecule has 0 unspecified atom stereocenters. The topological polar surface area (TPSA) is 29.1 Å². The molecule has 2 nitrogen and oxygen atoms in total. The van der Waals surface area contributed by atoms with Crippen molar-refractivity contribution in [2.45, 2.75) is 31.2 Å². The summed E-state index contributed by atoms with van der Waals surface area (Å²) in [7, 11) is 0. The number of hydrogen-bond donors (Lipinski definition) is 2. The number of carbonyl (C=O) groups excluding carboxylic acids is 1. The van der Waals surface area contributed by atoms with Gasteiger partial charge in [0, 0.05) is 11.4 Å². The van der Waals surface area contributed by atoms with Crippen LogP contribution in [-0.2, 0) is 24.2 Å². The molecule has 0 heterocycles. The summed E-state index contributed by atoms with van der Waals surface area (Å²) in [6, 6.07) is 16.0. The molecule has 0 bridgehead atoms. The molecular formula is C17H19NOS. The van der Waals surface area contributed by atoms with Gasteiger partial charge in [0.1, 0.15) is 0 Å². The maximum absolute atomic E-state index is 11.9. The number of benzene rings is 2. The first kappa shape index (κ1) is 14.7. The third-order valence-corrected chi connectivity index (χ3v) is 3.52. The zero-order chi connectivity index (χ0) is 14.4. The molecule has 1 N–H and O–H groups in total. The van der Waals surface area contributed by atoms with Crippen LogP contribution in [0.25, 0.3) is 0 Å². The number of carbonyl (C=O) groups is 1. The highest BCUT2D eigenvalue weighted by Crippen LogP contribution is 2.08. The van der Waals surface area contributed by atoms with Crippen LogP contribution in [0.3, 0.4) is 0 Å². The summed E-state index contributed by atoms with van der Waals surface area (Å²) in [5.41, 5.74) is 3.44. The number of thiol groups is 1. The Labute approximate surface area is 125 Å². The molecule has 104 valence electrons. The van der Waals surface area contributed by atoms with Crippen molar-refractivity contribution in [3.63, 3.8) is 0 Å². The van der Waals surface area contributed by atoms with Gasteiger partial charge in [0.05, 0.1) is 6.42 Å². The molecule has 0 aliphatic heterocycles. The quantitative estimate of drug-likeness (QED) is 0.810. The van der Waals surface area contributed by atoms with Crippen LogP contribution in [0, 0.1) is 0 Å². The molecule has 3 heteroatoms. The van der Waals surface area contributed by atoms with Crippen LogP contribution >= 0.6 is 12.6 Å². The van der Waals surface area contributed by atoms with Gasteiger partial charge in [-0.15, -0.1) is 12.6 Å². The Kier molecular flexibility index (Phi) is 5.24. The van der Waals surface area contributed by atoms with Gasteiger partial charge >= 0.3 is 0 Å². The van der Waals surface area contributed by atoms with Gasteiger partial charge in [0.2, 0.25) is 5.91 Å². The lowest BCUT2D eigenvalue weighted by atomic mass is 10.1. The summed E-state index contributed by atoms with van der Waals surface area (Å²) in [5.74, 6) is 0.0384. The minimum atomic E-state index is 0.0384. The maximum Gasteiger partial charge on any atom is 0.224 e. The second-order valence-corrected chi connectivity index (χ2v) is 5.31. The van der Waals surface area contributed by atoms with Crippen molar-refractivity contribution < 1.29 is 4.79 Å². The summed E-state index contributed by atoms with van der Waals surface area (Å²) in [6.07, 6.45) is 1.44. The molecule has 2 rings (SSSR count). The Hall–Kier alpha value is -1.74. The predicted molar refractivity (Wildman–Crippen MR) is 85.1 cm³/mol. The lowest BCUT2D eigenvalue weighted by Crippen LogP contribution is -2.24. The molecule has 0 saturated heterocycles. The van der Waals surface area contributed by atoms with Crippen molar-refractivity contribution in [2.24, 2.45) is 0 Å². The fourth-order valence-corrected chi connectivity index (χ4v) is 2.10. The Morgan fingerprint density at radius 3 is 2.10 bits per heavy atom. The maximum atomic E-state index is 11.9. The van der Waals surface area contributed by atoms with Gasteiger partial charge in [-0.2, -0.15) is 0 Å². The van der Waals surface area contributed by atoms with Crippen molar-refractivity contribution >= 4 is 18.5 Å². The van der Waals surface area contributed by atoms with Gasteiger partial charge in [-0.1, -0.05) is 43.3 Å². The fraction of sp³-hybridized carbons (Fsp3) is 0.235. The van der Waals surface area contributed by atoms with Crippen LogP contribution in [0.2, 0.25) is 0 Å². The van der Waals surface area contributed by atoms with E-state index in [4.69, 9.17) is 0 Å². The minimum Gasteiger partial charge on any atom is -0.352 e. The molecule has 0 saturated carbocycles. The first-order chi connectivity index (χ1) is 9.67. The normalized spacial score (nSPS) is 10.3. The highest BCUT2D eigenvalue weighted by molar-refractivity contribution is 7.80. The monoisotopic (exact) mass is 285 g/mol. The first-order valence-electron chi connectivity index (χ1n) is 6.80. The Bertz CT molecular complexity index is 561. The van der Waals surface area contributed by atoms with Crippen molar-refractivity contribution in [1.82, 2.24) is 5.32 Å². The molecule has 0 spiro atoms. The zero-order valence-corrected chi connectivity index (χ0v) is 12.5. The van der Waals surface area contributed by atoms with Crippen molar-refractivity contribution in [2.75, 3.05) is 0 Å². The standard InChI is InChI=1S/C17H19NOS/c1-2-13-3-5-15(6-4-13)12-18-17(19)11-14-7-9-16(20)10-8-14/h3-10,20H,2,11-12H2,1H3,(H,18,19). The molecule has 2 aromatic carbocycles. The van der Waals surface area contributed by atoms with E-state index in [0.29, 0.717) is 13.0 Å². The second-order valence-electron chi connectivity index (χ2n) is 4.79. The fourth-order valence-electron chi connectivity index (χ4n) is 1.96. The molecule has 1 amide bonds. The average Bonchev–Trinajstić information content (AvgIpc) is 2.48. The zero-order valence-electron chi connectivity index (χ0n) is 11.6. The minimum absolute atomic E-state index is 0.0384. The van der Waals surface area contributed by atoms with Crippen LogP contribution in [-0.4, -0.2) is 5.91 Å². The predicted octanol–water partition coefficient (Wildman–Crippen LogP) is 3.40. The Morgan fingerprint density at radius 2 is 1.50 bits per heavy atom. The summed E-state index contributed by atoms with van der Waals surface area (Å²) in [4.78, 5) is 12.8. The Balaban J connectivity index is 1.83. The molecule has 0 aliphatic rings. The van der Waals surface area contributed by atoms with E-state index in [-0.39, 0.29) is 5.91 Å². The molecule has 0 radical (unpaired) electrons. The van der Waals surface area contributed by atoms with Gasteiger partial charge < -0.3 is 5.32 Å². The second kappa shape index (κ2) is 7.15. The SMILES string of the molecule is CCc1ccc(CNC(=O)Cc2ccc(S)cc2)cc1. The van der Waals surface area contributed by atoms with E-state index in [1.807, 2.05) is 24.3 Å². The number of rotatable bonds is 5. The lowest BCUT2D eigenvalue weighted by Gasteiger charge is -2.06. The molecule has 20 heavy (non-hydrogen) atoms. The van der Waals surface area contributed by atoms with E-state index in [1.54, 1.807) is 0 Å². The summed E-state index contributed by atoms with van der Waals surface area (Å²) in [5, 5.41) is 2.94. The lowest BCUT2D eigenvalue weighted by molar-refractivity contribution is -0.120. The van der Waals surface area contributed by atoms with Crippen molar-refractivity contribution in [3.8, 4) is 0 Å². The van der Waals surface area contributed by atoms with E-state index in [2.05, 4.69) is 49.1 Å². The third-order valence-electron chi connectivity index (χ3n) is 3.22. The smallest absolute Gasteiger partial charge is 0.224 e. The molecule has 0 fully saturated rings. The molecule has 0 atom stereocenters. The van der Waals surface area contributed by atoms with E-state index >= 15 is 0 Å². The van der Waals surface area contributed by atoms with Gasteiger partial charge in [0.15, 0.2) is 0 Å². The summed E-state index contributed by atoms with van der Waals surface area (Å²) in [6.45, 7) is 2.71. The summed E-state index contributed by atoms with van der Waals surface area (Å²) >= 11 is 4.23. The largest absolute Gasteiger partial charge is 0.352 e. The molecule has 0 aromatic heterocycles. The number of hydrogen-bond acceptors (Lipinski definition) is 2. The Morgan fingerprint density at radius 1 is 0.950 bits per heavy atom. The number of aryl methyl sites for hydroxylation is 1. The van der Waals surface area contributed by atoms with Crippen molar-refractivity contribution in [3.05, 3.63) is 65.2 Å². The van der Waals surface area contributed by atoms with Gasteiger partial charge in [-0.25, -0.2) is 0 Å². The van der Waals surface area contributed by atoms with Gasteiger partial charge in [0.25, 0.3) is 0 Å². The van der Waals surface area contributed by atoms with Crippen LogP contribution in [0.4, 0.5) is 0 Å². The van der Waals surface area contributed by atoms with E-state index in [0.717, 1.165) is 22.4 Å². The van der Waals surface area contributed by atoms with E-state index in [1.165, 1.54) is 5.56 Å².